The number of hydrogen-bond donors (Lipinski definition) is 2. The number of rotatable bonds is 4. The predicted octanol–water partition coefficient (Wildman–Crippen LogP) is 1.92. The van der Waals surface area contributed by atoms with Gasteiger partial charge in [0.25, 0.3) is 5.91 Å². The van der Waals surface area contributed by atoms with Crippen LogP contribution in [0.25, 0.3) is 0 Å². The van der Waals surface area contributed by atoms with Gasteiger partial charge in [-0.2, -0.15) is 0 Å². The summed E-state index contributed by atoms with van der Waals surface area (Å²) in [5.74, 6) is 2.68. The first kappa shape index (κ1) is 14.9. The summed E-state index contributed by atoms with van der Waals surface area (Å²) in [6.45, 7) is 0.307. The number of hydrogen-bond acceptors (Lipinski definition) is 4. The number of carbonyl (C=O) groups is 1. The van der Waals surface area contributed by atoms with Crippen LogP contribution >= 0.6 is 0 Å². The summed E-state index contributed by atoms with van der Waals surface area (Å²) in [4.78, 5) is 17.4. The van der Waals surface area contributed by atoms with Crippen molar-refractivity contribution >= 4 is 11.6 Å². The minimum atomic E-state index is -0.918. The number of nitrogens with zero attached hydrogens (tertiary/aromatic N) is 2. The summed E-state index contributed by atoms with van der Waals surface area (Å²) < 4.78 is 27.2. The zero-order chi connectivity index (χ0) is 15.4. The molecule has 0 spiro atoms. The van der Waals surface area contributed by atoms with Gasteiger partial charge in [-0.1, -0.05) is 0 Å². The van der Waals surface area contributed by atoms with E-state index in [2.05, 4.69) is 4.98 Å². The molecule has 2 rings (SSSR count). The number of nitrogen functional groups attached to an aromatic ring is 1. The molecule has 1 heterocycles. The molecule has 1 amide bonds. The van der Waals surface area contributed by atoms with Crippen molar-refractivity contribution < 1.29 is 13.6 Å². The highest BCUT2D eigenvalue weighted by atomic mass is 19.1. The Labute approximate surface area is 120 Å². The largest absolute Gasteiger partial charge is 0.337 e. The van der Waals surface area contributed by atoms with Gasteiger partial charge in [-0.3, -0.25) is 15.6 Å². The van der Waals surface area contributed by atoms with E-state index in [9.17, 15) is 13.6 Å². The van der Waals surface area contributed by atoms with Crippen LogP contribution in [-0.4, -0.2) is 22.8 Å². The van der Waals surface area contributed by atoms with Crippen LogP contribution in [0.3, 0.4) is 0 Å². The van der Waals surface area contributed by atoms with Crippen molar-refractivity contribution in [3.8, 4) is 0 Å². The Morgan fingerprint density at radius 1 is 1.29 bits per heavy atom. The average molecular weight is 292 g/mol. The lowest BCUT2D eigenvalue weighted by Crippen LogP contribution is -2.26. The molecule has 0 aliphatic carbocycles. The molecule has 0 aliphatic heterocycles. The lowest BCUT2D eigenvalue weighted by atomic mass is 10.1. The lowest BCUT2D eigenvalue weighted by molar-refractivity contribution is 0.0784. The Morgan fingerprint density at radius 2 is 1.86 bits per heavy atom. The molecular weight excluding hydrogens is 278 g/mol. The van der Waals surface area contributed by atoms with Gasteiger partial charge in [0.1, 0.15) is 5.69 Å². The van der Waals surface area contributed by atoms with Crippen LogP contribution < -0.4 is 11.3 Å². The SMILES string of the molecule is CN(Cc1ccncc1)C(=O)c1cc(F)c(NN)c(F)c1. The number of halogens is 2. The van der Waals surface area contributed by atoms with E-state index in [1.54, 1.807) is 31.6 Å². The molecule has 0 unspecified atom stereocenters. The number of aromatic nitrogens is 1. The van der Waals surface area contributed by atoms with Crippen LogP contribution in [0.5, 0.6) is 0 Å². The molecule has 21 heavy (non-hydrogen) atoms. The molecule has 7 heteroatoms. The summed E-state index contributed by atoms with van der Waals surface area (Å²) in [5.41, 5.74) is 2.23. The standard InChI is InChI=1S/C14H14F2N4O/c1-20(8-9-2-4-18-5-3-9)14(21)10-6-11(15)13(19-17)12(16)7-10/h2-7,19H,8,17H2,1H3. The summed E-state index contributed by atoms with van der Waals surface area (Å²) in [6.07, 6.45) is 3.21. The Bertz CT molecular complexity index is 626. The fourth-order valence-electron chi connectivity index (χ4n) is 1.89. The minimum absolute atomic E-state index is 0.0828. The highest BCUT2D eigenvalue weighted by Gasteiger charge is 2.17. The number of nitrogens with one attached hydrogen (secondary N) is 1. The van der Waals surface area contributed by atoms with Gasteiger partial charge in [0.15, 0.2) is 11.6 Å². The second-order valence-electron chi connectivity index (χ2n) is 4.48. The monoisotopic (exact) mass is 292 g/mol. The maximum Gasteiger partial charge on any atom is 0.254 e. The molecule has 0 saturated carbocycles. The first-order valence-corrected chi connectivity index (χ1v) is 6.13. The van der Waals surface area contributed by atoms with Crippen molar-refractivity contribution in [2.75, 3.05) is 12.5 Å². The maximum atomic E-state index is 13.6. The van der Waals surface area contributed by atoms with Crippen LogP contribution in [0, 0.1) is 11.6 Å². The third kappa shape index (κ3) is 3.32. The van der Waals surface area contributed by atoms with Gasteiger partial charge in [-0.15, -0.1) is 0 Å². The zero-order valence-electron chi connectivity index (χ0n) is 11.3. The minimum Gasteiger partial charge on any atom is -0.337 e. The Balaban J connectivity index is 2.20. The van der Waals surface area contributed by atoms with E-state index < -0.39 is 23.2 Å². The highest BCUT2D eigenvalue weighted by Crippen LogP contribution is 2.20. The first-order chi connectivity index (χ1) is 10.0. The van der Waals surface area contributed by atoms with Crippen LogP contribution in [0.15, 0.2) is 36.7 Å². The number of hydrazine groups is 1. The fraction of sp³-hybridized carbons (Fsp3) is 0.143. The number of anilines is 1. The average Bonchev–Trinajstić information content (AvgIpc) is 2.47. The van der Waals surface area contributed by atoms with Crippen molar-refractivity contribution in [2.45, 2.75) is 6.54 Å². The van der Waals surface area contributed by atoms with Gasteiger partial charge >= 0.3 is 0 Å². The second-order valence-corrected chi connectivity index (χ2v) is 4.48. The molecule has 0 aliphatic rings. The molecule has 0 fully saturated rings. The maximum absolute atomic E-state index is 13.6. The summed E-state index contributed by atoms with van der Waals surface area (Å²) in [7, 11) is 1.55. The highest BCUT2D eigenvalue weighted by molar-refractivity contribution is 5.94. The number of benzene rings is 1. The van der Waals surface area contributed by atoms with Gasteiger partial charge in [-0.25, -0.2) is 8.78 Å². The van der Waals surface area contributed by atoms with Gasteiger partial charge < -0.3 is 10.3 Å². The van der Waals surface area contributed by atoms with Gasteiger partial charge in [-0.05, 0) is 29.8 Å². The molecule has 1 aromatic heterocycles. The Kier molecular flexibility index (Phi) is 4.44. The summed E-state index contributed by atoms with van der Waals surface area (Å²) >= 11 is 0. The normalized spacial score (nSPS) is 10.3. The molecule has 110 valence electrons. The molecule has 2 aromatic rings. The van der Waals surface area contributed by atoms with Crippen LogP contribution in [0.2, 0.25) is 0 Å². The topological polar surface area (TPSA) is 71.2 Å². The number of carbonyl (C=O) groups excluding carboxylic acids is 1. The molecule has 0 radical (unpaired) electrons. The second kappa shape index (κ2) is 6.27. The van der Waals surface area contributed by atoms with E-state index >= 15 is 0 Å². The van der Waals surface area contributed by atoms with Gasteiger partial charge in [0.2, 0.25) is 0 Å². The zero-order valence-corrected chi connectivity index (χ0v) is 11.3. The van der Waals surface area contributed by atoms with Crippen molar-refractivity contribution in [1.29, 1.82) is 0 Å². The van der Waals surface area contributed by atoms with Crippen molar-refractivity contribution in [3.05, 3.63) is 59.4 Å². The van der Waals surface area contributed by atoms with E-state index in [1.807, 2.05) is 5.43 Å². The van der Waals surface area contributed by atoms with Crippen molar-refractivity contribution in [3.63, 3.8) is 0 Å². The van der Waals surface area contributed by atoms with E-state index in [0.29, 0.717) is 6.54 Å². The summed E-state index contributed by atoms with van der Waals surface area (Å²) in [6, 6.07) is 5.41. The van der Waals surface area contributed by atoms with E-state index in [4.69, 9.17) is 5.84 Å². The molecular formula is C14H14F2N4O. The first-order valence-electron chi connectivity index (χ1n) is 6.13. The third-order valence-corrected chi connectivity index (χ3v) is 2.95. The van der Waals surface area contributed by atoms with E-state index in [1.165, 1.54) is 4.90 Å². The summed E-state index contributed by atoms with van der Waals surface area (Å²) in [5, 5.41) is 0. The van der Waals surface area contributed by atoms with E-state index in [-0.39, 0.29) is 5.56 Å². The Morgan fingerprint density at radius 3 is 2.38 bits per heavy atom. The molecule has 0 bridgehead atoms. The number of nitrogens with two attached hydrogens (primary N) is 1. The van der Waals surface area contributed by atoms with Crippen LogP contribution in [0.1, 0.15) is 15.9 Å². The fourth-order valence-corrected chi connectivity index (χ4v) is 1.89. The van der Waals surface area contributed by atoms with Crippen LogP contribution in [0.4, 0.5) is 14.5 Å². The van der Waals surface area contributed by atoms with Crippen molar-refractivity contribution in [1.82, 2.24) is 9.88 Å². The third-order valence-electron chi connectivity index (χ3n) is 2.95. The quantitative estimate of drug-likeness (QED) is 0.667. The van der Waals surface area contributed by atoms with E-state index in [0.717, 1.165) is 17.7 Å². The van der Waals surface area contributed by atoms with Crippen molar-refractivity contribution in [2.24, 2.45) is 5.84 Å². The smallest absolute Gasteiger partial charge is 0.254 e. The number of pyridine rings is 1. The predicted molar refractivity (Wildman–Crippen MR) is 74.2 cm³/mol. The van der Waals surface area contributed by atoms with Crippen LogP contribution in [-0.2, 0) is 6.54 Å². The van der Waals surface area contributed by atoms with Gasteiger partial charge in [0.05, 0.1) is 0 Å². The molecule has 0 atom stereocenters. The number of amides is 1. The molecule has 1 aromatic carbocycles. The Hall–Kier alpha value is -2.54. The lowest BCUT2D eigenvalue weighted by Gasteiger charge is -2.18. The molecule has 5 nitrogen and oxygen atoms in total. The molecule has 0 saturated heterocycles. The molecule has 3 N–H and O–H groups in total. The van der Waals surface area contributed by atoms with Gasteiger partial charge in [0, 0.05) is 31.5 Å².